The van der Waals surface area contributed by atoms with Gasteiger partial charge in [-0.2, -0.15) is 11.8 Å². The third-order valence-electron chi connectivity index (χ3n) is 7.04. The Morgan fingerprint density at radius 1 is 1.06 bits per heavy atom. The summed E-state index contributed by atoms with van der Waals surface area (Å²) in [5.74, 6) is -0.483. The van der Waals surface area contributed by atoms with E-state index >= 15 is 0 Å². The fourth-order valence-corrected chi connectivity index (χ4v) is 6.17. The first kappa shape index (κ1) is 20.6. The summed E-state index contributed by atoms with van der Waals surface area (Å²) in [5, 5.41) is 6.38. The van der Waals surface area contributed by atoms with E-state index in [0.717, 1.165) is 11.3 Å². The SMILES string of the molecule is CSCC[C@H]1N[C@]2(C(=O)Nc3ccccc32)[C@@H]2C(=O)N(c3ccc4c(c3)OCCO4)C(=O)[C@H]21. The Bertz CT molecular complexity index is 1190. The van der Waals surface area contributed by atoms with E-state index in [2.05, 4.69) is 10.6 Å². The maximum Gasteiger partial charge on any atom is 0.250 e. The van der Waals surface area contributed by atoms with Crippen molar-refractivity contribution in [2.24, 2.45) is 11.8 Å². The molecule has 4 aliphatic rings. The lowest BCUT2D eigenvalue weighted by Crippen LogP contribution is -2.53. The summed E-state index contributed by atoms with van der Waals surface area (Å²) in [5.41, 5.74) is 0.577. The molecule has 0 bridgehead atoms. The van der Waals surface area contributed by atoms with Gasteiger partial charge in [-0.1, -0.05) is 18.2 Å². The summed E-state index contributed by atoms with van der Waals surface area (Å²) < 4.78 is 11.2. The van der Waals surface area contributed by atoms with Crippen molar-refractivity contribution in [2.75, 3.05) is 35.4 Å². The molecular formula is C24H23N3O5S. The zero-order chi connectivity index (χ0) is 22.7. The van der Waals surface area contributed by atoms with Gasteiger partial charge in [0.05, 0.1) is 17.5 Å². The predicted octanol–water partition coefficient (Wildman–Crippen LogP) is 2.14. The molecule has 4 aliphatic heterocycles. The molecular weight excluding hydrogens is 442 g/mol. The summed E-state index contributed by atoms with van der Waals surface area (Å²) in [7, 11) is 0. The van der Waals surface area contributed by atoms with E-state index in [1.54, 1.807) is 30.0 Å². The number of rotatable bonds is 4. The van der Waals surface area contributed by atoms with Crippen LogP contribution in [0.2, 0.25) is 0 Å². The highest BCUT2D eigenvalue weighted by Crippen LogP contribution is 2.54. The Kier molecular flexibility index (Phi) is 4.67. The van der Waals surface area contributed by atoms with Crippen LogP contribution in [0.25, 0.3) is 0 Å². The number of carbonyl (C=O) groups is 3. The quantitative estimate of drug-likeness (QED) is 0.668. The second-order valence-electron chi connectivity index (χ2n) is 8.68. The molecule has 2 saturated heterocycles. The zero-order valence-corrected chi connectivity index (χ0v) is 18.8. The van der Waals surface area contributed by atoms with E-state index in [1.807, 2.05) is 30.5 Å². The van der Waals surface area contributed by atoms with Crippen molar-refractivity contribution < 1.29 is 23.9 Å². The van der Waals surface area contributed by atoms with Crippen molar-refractivity contribution in [1.29, 1.82) is 0 Å². The number of hydrogen-bond donors (Lipinski definition) is 2. The molecule has 3 amide bonds. The van der Waals surface area contributed by atoms with Crippen molar-refractivity contribution in [1.82, 2.24) is 5.32 Å². The van der Waals surface area contributed by atoms with Crippen molar-refractivity contribution >= 4 is 40.9 Å². The van der Waals surface area contributed by atoms with E-state index in [4.69, 9.17) is 9.47 Å². The molecule has 9 heteroatoms. The number of fused-ring (bicyclic) bond motifs is 5. The van der Waals surface area contributed by atoms with Crippen LogP contribution in [0, 0.1) is 11.8 Å². The fourth-order valence-electron chi connectivity index (χ4n) is 5.68. The molecule has 2 aromatic rings. The molecule has 6 rings (SSSR count). The number of thioether (sulfide) groups is 1. The van der Waals surface area contributed by atoms with Crippen LogP contribution in [0.5, 0.6) is 11.5 Å². The van der Waals surface area contributed by atoms with Crippen LogP contribution in [-0.4, -0.2) is 49.0 Å². The predicted molar refractivity (Wildman–Crippen MR) is 124 cm³/mol. The minimum absolute atomic E-state index is 0.282. The molecule has 4 atom stereocenters. The highest BCUT2D eigenvalue weighted by atomic mass is 32.2. The molecule has 33 heavy (non-hydrogen) atoms. The Morgan fingerprint density at radius 2 is 1.85 bits per heavy atom. The van der Waals surface area contributed by atoms with Gasteiger partial charge < -0.3 is 14.8 Å². The number of amides is 3. The smallest absolute Gasteiger partial charge is 0.250 e. The van der Waals surface area contributed by atoms with Crippen molar-refractivity contribution in [3.05, 3.63) is 48.0 Å². The lowest BCUT2D eigenvalue weighted by molar-refractivity contribution is -0.130. The first-order chi connectivity index (χ1) is 16.1. The van der Waals surface area contributed by atoms with Gasteiger partial charge in [0.25, 0.3) is 0 Å². The zero-order valence-electron chi connectivity index (χ0n) is 18.0. The van der Waals surface area contributed by atoms with Crippen LogP contribution in [-0.2, 0) is 19.9 Å². The molecule has 0 saturated carbocycles. The van der Waals surface area contributed by atoms with Gasteiger partial charge in [-0.3, -0.25) is 19.7 Å². The highest BCUT2D eigenvalue weighted by Gasteiger charge is 2.70. The Balaban J connectivity index is 1.46. The molecule has 0 aromatic heterocycles. The van der Waals surface area contributed by atoms with Crippen LogP contribution in [0.15, 0.2) is 42.5 Å². The van der Waals surface area contributed by atoms with Gasteiger partial charge in [-0.15, -0.1) is 0 Å². The second-order valence-corrected chi connectivity index (χ2v) is 9.67. The summed E-state index contributed by atoms with van der Waals surface area (Å²) in [4.78, 5) is 42.3. The average Bonchev–Trinajstić information content (AvgIpc) is 3.42. The van der Waals surface area contributed by atoms with E-state index in [-0.39, 0.29) is 23.8 Å². The number of carbonyl (C=O) groups excluding carboxylic acids is 3. The van der Waals surface area contributed by atoms with Crippen LogP contribution < -0.4 is 25.0 Å². The summed E-state index contributed by atoms with van der Waals surface area (Å²) in [6.07, 6.45) is 2.68. The van der Waals surface area contributed by atoms with Crippen molar-refractivity contribution in [2.45, 2.75) is 18.0 Å². The molecule has 0 aliphatic carbocycles. The maximum atomic E-state index is 13.9. The minimum Gasteiger partial charge on any atom is -0.486 e. The summed E-state index contributed by atoms with van der Waals surface area (Å²) in [6, 6.07) is 12.2. The number of anilines is 2. The summed E-state index contributed by atoms with van der Waals surface area (Å²) >= 11 is 1.67. The number of nitrogens with zero attached hydrogens (tertiary/aromatic N) is 1. The summed E-state index contributed by atoms with van der Waals surface area (Å²) in [6.45, 7) is 0.863. The van der Waals surface area contributed by atoms with Crippen LogP contribution in [0.4, 0.5) is 11.4 Å². The molecule has 170 valence electrons. The van der Waals surface area contributed by atoms with Crippen molar-refractivity contribution in [3.8, 4) is 11.5 Å². The van der Waals surface area contributed by atoms with Crippen LogP contribution in [0.1, 0.15) is 12.0 Å². The molecule has 0 unspecified atom stereocenters. The van der Waals surface area contributed by atoms with E-state index in [0.29, 0.717) is 42.5 Å². The monoisotopic (exact) mass is 465 g/mol. The number of benzene rings is 2. The number of hydrogen-bond acceptors (Lipinski definition) is 7. The molecule has 4 heterocycles. The van der Waals surface area contributed by atoms with Crippen LogP contribution >= 0.6 is 11.8 Å². The number of ether oxygens (including phenoxy) is 2. The molecule has 2 N–H and O–H groups in total. The first-order valence-corrected chi connectivity index (χ1v) is 12.4. The Morgan fingerprint density at radius 3 is 2.67 bits per heavy atom. The minimum atomic E-state index is -1.26. The van der Waals surface area contributed by atoms with Gasteiger partial charge >= 0.3 is 0 Å². The van der Waals surface area contributed by atoms with E-state index in [1.165, 1.54) is 4.90 Å². The molecule has 0 radical (unpaired) electrons. The number of para-hydroxylation sites is 1. The lowest BCUT2D eigenvalue weighted by atomic mass is 9.76. The number of nitrogens with one attached hydrogen (secondary N) is 2. The van der Waals surface area contributed by atoms with Gasteiger partial charge in [0.2, 0.25) is 17.7 Å². The van der Waals surface area contributed by atoms with Gasteiger partial charge in [0, 0.05) is 23.4 Å². The Labute approximate surface area is 195 Å². The highest BCUT2D eigenvalue weighted by molar-refractivity contribution is 7.98. The molecule has 2 fully saturated rings. The standard InChI is InChI=1S/C24H23N3O5S/c1-33-11-8-16-19-20(24(26-16)14-4-2-3-5-15(14)25-23(24)30)22(29)27(21(19)28)13-6-7-17-18(12-13)32-10-9-31-17/h2-7,12,16,19-20,26H,8-11H2,1H3,(H,25,30)/t16-,19+,20+,24+/m1/s1. The largest absolute Gasteiger partial charge is 0.486 e. The number of imide groups is 1. The third kappa shape index (κ3) is 2.78. The van der Waals surface area contributed by atoms with Crippen LogP contribution in [0.3, 0.4) is 0 Å². The molecule has 2 aromatic carbocycles. The lowest BCUT2D eigenvalue weighted by Gasteiger charge is -2.29. The van der Waals surface area contributed by atoms with E-state index < -0.39 is 17.4 Å². The van der Waals surface area contributed by atoms with Gasteiger partial charge in [0.1, 0.15) is 18.8 Å². The fraction of sp³-hybridized carbons (Fsp3) is 0.375. The van der Waals surface area contributed by atoms with E-state index in [9.17, 15) is 14.4 Å². The maximum absolute atomic E-state index is 13.9. The average molecular weight is 466 g/mol. The van der Waals surface area contributed by atoms with Crippen molar-refractivity contribution in [3.63, 3.8) is 0 Å². The van der Waals surface area contributed by atoms with Gasteiger partial charge in [0.15, 0.2) is 11.5 Å². The first-order valence-electron chi connectivity index (χ1n) is 11.0. The van der Waals surface area contributed by atoms with Gasteiger partial charge in [-0.25, -0.2) is 4.90 Å². The third-order valence-corrected chi connectivity index (χ3v) is 7.68. The second kappa shape index (κ2) is 7.50. The molecule has 1 spiro atoms. The normalized spacial score (nSPS) is 29.4. The molecule has 8 nitrogen and oxygen atoms in total. The topological polar surface area (TPSA) is 97.0 Å². The Hall–Kier alpha value is -3.04. The van der Waals surface area contributed by atoms with Gasteiger partial charge in [-0.05, 0) is 36.6 Å².